The van der Waals surface area contributed by atoms with Gasteiger partial charge in [0.15, 0.2) is 0 Å². The van der Waals surface area contributed by atoms with Gasteiger partial charge in [-0.2, -0.15) is 0 Å². The average Bonchev–Trinajstić information content (AvgIpc) is 2.47. The van der Waals surface area contributed by atoms with Crippen LogP contribution in [0.5, 0.6) is 0 Å². The van der Waals surface area contributed by atoms with Gasteiger partial charge in [-0.05, 0) is 45.0 Å². The Morgan fingerprint density at radius 3 is 2.75 bits per heavy atom. The molecule has 0 aromatic carbocycles. The Labute approximate surface area is 119 Å². The standard InChI is InChI=1S/C15H23N3O2/c19-14(13-18-12-5-2-7-15(18)20)16-8-6-11-17-9-3-1-4-10-17/h2,5,7,12H,1,3-4,6,8-11,13H2,(H,16,19). The Bertz CT molecular complexity index is 478. The van der Waals surface area contributed by atoms with E-state index in [0.717, 1.165) is 13.0 Å². The van der Waals surface area contributed by atoms with Crippen LogP contribution in [-0.4, -0.2) is 41.6 Å². The van der Waals surface area contributed by atoms with Crippen molar-refractivity contribution in [1.82, 2.24) is 14.8 Å². The quantitative estimate of drug-likeness (QED) is 0.784. The fraction of sp³-hybridized carbons (Fsp3) is 0.600. The third kappa shape index (κ3) is 4.81. The summed E-state index contributed by atoms with van der Waals surface area (Å²) in [6.07, 6.45) is 6.54. The van der Waals surface area contributed by atoms with Crippen LogP contribution in [0.3, 0.4) is 0 Å². The molecule has 1 fully saturated rings. The summed E-state index contributed by atoms with van der Waals surface area (Å²) in [6.45, 7) is 4.20. The van der Waals surface area contributed by atoms with Crippen LogP contribution in [0.4, 0.5) is 0 Å². The Balaban J connectivity index is 1.63. The number of piperidine rings is 1. The lowest BCUT2D eigenvalue weighted by Gasteiger charge is -2.26. The molecule has 1 aliphatic rings. The van der Waals surface area contributed by atoms with Crippen molar-refractivity contribution in [3.63, 3.8) is 0 Å². The van der Waals surface area contributed by atoms with Crippen LogP contribution in [0.2, 0.25) is 0 Å². The van der Waals surface area contributed by atoms with Crippen molar-refractivity contribution in [3.05, 3.63) is 34.7 Å². The number of rotatable bonds is 6. The summed E-state index contributed by atoms with van der Waals surface area (Å²) < 4.78 is 1.42. The maximum atomic E-state index is 11.7. The Morgan fingerprint density at radius 2 is 2.00 bits per heavy atom. The SMILES string of the molecule is O=C(Cn1ccccc1=O)NCCCN1CCCCC1. The normalized spacial score (nSPS) is 16.0. The van der Waals surface area contributed by atoms with E-state index in [0.29, 0.717) is 6.54 Å². The van der Waals surface area contributed by atoms with Crippen molar-refractivity contribution in [1.29, 1.82) is 0 Å². The number of nitrogens with zero attached hydrogens (tertiary/aromatic N) is 2. The molecule has 0 bridgehead atoms. The van der Waals surface area contributed by atoms with Crippen LogP contribution in [0.15, 0.2) is 29.2 Å². The van der Waals surface area contributed by atoms with Crippen LogP contribution < -0.4 is 10.9 Å². The highest BCUT2D eigenvalue weighted by Crippen LogP contribution is 2.08. The molecule has 110 valence electrons. The molecule has 2 heterocycles. The molecular formula is C15H23N3O2. The number of amides is 1. The van der Waals surface area contributed by atoms with Gasteiger partial charge >= 0.3 is 0 Å². The fourth-order valence-corrected chi connectivity index (χ4v) is 2.52. The molecule has 20 heavy (non-hydrogen) atoms. The molecule has 0 aliphatic carbocycles. The summed E-state index contributed by atoms with van der Waals surface area (Å²) in [7, 11) is 0. The molecule has 0 radical (unpaired) electrons. The second-order valence-corrected chi connectivity index (χ2v) is 5.27. The van der Waals surface area contributed by atoms with Crippen LogP contribution in [0.25, 0.3) is 0 Å². The third-order valence-corrected chi connectivity index (χ3v) is 3.63. The molecule has 1 aromatic heterocycles. The highest BCUT2D eigenvalue weighted by atomic mass is 16.2. The van der Waals surface area contributed by atoms with Gasteiger partial charge in [-0.3, -0.25) is 9.59 Å². The van der Waals surface area contributed by atoms with Gasteiger partial charge in [0.1, 0.15) is 6.54 Å². The van der Waals surface area contributed by atoms with Crippen molar-refractivity contribution in [2.45, 2.75) is 32.2 Å². The van der Waals surface area contributed by atoms with Gasteiger partial charge in [0, 0.05) is 18.8 Å². The van der Waals surface area contributed by atoms with E-state index >= 15 is 0 Å². The summed E-state index contributed by atoms with van der Waals surface area (Å²) in [6, 6.07) is 4.89. The summed E-state index contributed by atoms with van der Waals surface area (Å²) in [5.41, 5.74) is -0.143. The predicted octanol–water partition coefficient (Wildman–Crippen LogP) is 0.840. The van der Waals surface area contributed by atoms with Crippen LogP contribution >= 0.6 is 0 Å². The first-order valence-corrected chi connectivity index (χ1v) is 7.40. The summed E-state index contributed by atoms with van der Waals surface area (Å²) >= 11 is 0. The first kappa shape index (κ1) is 14.8. The minimum atomic E-state index is -0.143. The number of hydrogen-bond donors (Lipinski definition) is 1. The summed E-state index contributed by atoms with van der Waals surface area (Å²) in [5.74, 6) is -0.100. The number of aromatic nitrogens is 1. The topological polar surface area (TPSA) is 54.3 Å². The summed E-state index contributed by atoms with van der Waals surface area (Å²) in [5, 5.41) is 2.87. The molecule has 5 heteroatoms. The lowest BCUT2D eigenvalue weighted by atomic mass is 10.1. The molecule has 1 aromatic rings. The van der Waals surface area contributed by atoms with E-state index in [4.69, 9.17) is 0 Å². The second kappa shape index (κ2) is 7.85. The predicted molar refractivity (Wildman–Crippen MR) is 78.6 cm³/mol. The average molecular weight is 277 g/mol. The van der Waals surface area contributed by atoms with E-state index in [1.165, 1.54) is 43.0 Å². The van der Waals surface area contributed by atoms with Gasteiger partial charge in [-0.25, -0.2) is 0 Å². The molecule has 0 saturated carbocycles. The molecule has 0 atom stereocenters. The Kier molecular flexibility index (Phi) is 5.80. The molecule has 0 spiro atoms. The molecule has 0 unspecified atom stereocenters. The van der Waals surface area contributed by atoms with Crippen molar-refractivity contribution in [3.8, 4) is 0 Å². The fourth-order valence-electron chi connectivity index (χ4n) is 2.52. The molecular weight excluding hydrogens is 254 g/mol. The van der Waals surface area contributed by atoms with Crippen molar-refractivity contribution < 1.29 is 4.79 Å². The minimum Gasteiger partial charge on any atom is -0.355 e. The zero-order valence-electron chi connectivity index (χ0n) is 11.9. The number of carbonyl (C=O) groups excluding carboxylic acids is 1. The highest BCUT2D eigenvalue weighted by molar-refractivity contribution is 5.75. The van der Waals surface area contributed by atoms with Crippen LogP contribution in [0, 0.1) is 0 Å². The van der Waals surface area contributed by atoms with Crippen LogP contribution in [0.1, 0.15) is 25.7 Å². The van der Waals surface area contributed by atoms with Gasteiger partial charge in [-0.15, -0.1) is 0 Å². The molecule has 1 amide bonds. The monoisotopic (exact) mass is 277 g/mol. The first-order chi connectivity index (χ1) is 9.75. The van der Waals surface area contributed by atoms with E-state index in [9.17, 15) is 9.59 Å². The number of nitrogens with one attached hydrogen (secondary N) is 1. The zero-order valence-corrected chi connectivity index (χ0v) is 11.9. The molecule has 1 aliphatic heterocycles. The highest BCUT2D eigenvalue weighted by Gasteiger charge is 2.09. The Morgan fingerprint density at radius 1 is 1.20 bits per heavy atom. The smallest absolute Gasteiger partial charge is 0.250 e. The van der Waals surface area contributed by atoms with Crippen molar-refractivity contribution >= 4 is 5.91 Å². The largest absolute Gasteiger partial charge is 0.355 e. The van der Waals surface area contributed by atoms with E-state index in [2.05, 4.69) is 10.2 Å². The van der Waals surface area contributed by atoms with Gasteiger partial charge in [-0.1, -0.05) is 12.5 Å². The van der Waals surface area contributed by atoms with Gasteiger partial charge < -0.3 is 14.8 Å². The Hall–Kier alpha value is -1.62. The van der Waals surface area contributed by atoms with Gasteiger partial charge in [0.25, 0.3) is 5.56 Å². The number of carbonyl (C=O) groups is 1. The second-order valence-electron chi connectivity index (χ2n) is 5.27. The molecule has 1 N–H and O–H groups in total. The summed E-state index contributed by atoms with van der Waals surface area (Å²) in [4.78, 5) is 25.7. The minimum absolute atomic E-state index is 0.100. The lowest BCUT2D eigenvalue weighted by molar-refractivity contribution is -0.121. The maximum absolute atomic E-state index is 11.7. The maximum Gasteiger partial charge on any atom is 0.250 e. The lowest BCUT2D eigenvalue weighted by Crippen LogP contribution is -2.35. The van der Waals surface area contributed by atoms with Crippen molar-refractivity contribution in [2.24, 2.45) is 0 Å². The molecule has 2 rings (SSSR count). The number of hydrogen-bond acceptors (Lipinski definition) is 3. The van der Waals surface area contributed by atoms with E-state index in [1.807, 2.05) is 0 Å². The van der Waals surface area contributed by atoms with E-state index in [1.54, 1.807) is 18.3 Å². The third-order valence-electron chi connectivity index (χ3n) is 3.63. The number of likely N-dealkylation sites (tertiary alicyclic amines) is 1. The van der Waals surface area contributed by atoms with E-state index in [-0.39, 0.29) is 18.0 Å². The first-order valence-electron chi connectivity index (χ1n) is 7.40. The van der Waals surface area contributed by atoms with Gasteiger partial charge in [0.2, 0.25) is 5.91 Å². The molecule has 1 saturated heterocycles. The zero-order chi connectivity index (χ0) is 14.2. The van der Waals surface area contributed by atoms with E-state index < -0.39 is 0 Å². The molecule has 5 nitrogen and oxygen atoms in total. The van der Waals surface area contributed by atoms with Gasteiger partial charge in [0.05, 0.1) is 0 Å². The van der Waals surface area contributed by atoms with Crippen molar-refractivity contribution in [2.75, 3.05) is 26.2 Å². The van der Waals surface area contributed by atoms with Crippen LogP contribution in [-0.2, 0) is 11.3 Å². The number of pyridine rings is 1.